The van der Waals surface area contributed by atoms with Gasteiger partial charge < -0.3 is 14.5 Å². The van der Waals surface area contributed by atoms with Crippen LogP contribution in [0, 0.1) is 0 Å². The van der Waals surface area contributed by atoms with Gasteiger partial charge in [0.2, 0.25) is 0 Å². The van der Waals surface area contributed by atoms with Crippen LogP contribution >= 0.6 is 0 Å². The summed E-state index contributed by atoms with van der Waals surface area (Å²) in [5, 5.41) is 0. The Kier molecular flexibility index (Phi) is 0.817. The lowest BCUT2D eigenvalue weighted by atomic mass is 10.4. The molecule has 3 nitrogen and oxygen atoms in total. The molecule has 1 unspecified atom stereocenters. The molecule has 0 aliphatic carbocycles. The summed E-state index contributed by atoms with van der Waals surface area (Å²) >= 11 is 0. The first-order valence-corrected chi connectivity index (χ1v) is 1.96. The van der Waals surface area contributed by atoms with Crippen LogP contribution in [-0.4, -0.2) is 18.4 Å². The van der Waals surface area contributed by atoms with Gasteiger partial charge in [-0.1, -0.05) is 0 Å². The maximum atomic E-state index is 10.2. The molecule has 0 aromatic carbocycles. The number of hydrogen-bond donors (Lipinski definition) is 0. The molecule has 0 spiro atoms. The standard InChI is InChI=1S/C4H4NO2/c1-3-4(6)5-2-7-3/h3H,1H3/q-1. The number of amides is 1. The van der Waals surface area contributed by atoms with Crippen molar-refractivity contribution in [2.75, 3.05) is 0 Å². The van der Waals surface area contributed by atoms with Crippen LogP contribution in [0.4, 0.5) is 0 Å². The number of hydrogen-bond acceptors (Lipinski definition) is 2. The Morgan fingerprint density at radius 1 is 2.00 bits per heavy atom. The minimum atomic E-state index is -0.403. The van der Waals surface area contributed by atoms with E-state index in [1.165, 1.54) is 0 Å². The molecule has 3 heteroatoms. The second kappa shape index (κ2) is 1.33. The third kappa shape index (κ3) is 0.607. The van der Waals surface area contributed by atoms with Crippen molar-refractivity contribution in [3.63, 3.8) is 0 Å². The van der Waals surface area contributed by atoms with Crippen molar-refractivity contribution in [1.82, 2.24) is 0 Å². The third-order valence-electron chi connectivity index (χ3n) is 0.733. The van der Waals surface area contributed by atoms with Crippen molar-refractivity contribution in [1.29, 1.82) is 0 Å². The summed E-state index contributed by atoms with van der Waals surface area (Å²) in [7, 11) is 0. The van der Waals surface area contributed by atoms with E-state index in [1.807, 2.05) is 0 Å². The molecule has 1 aliphatic heterocycles. The van der Waals surface area contributed by atoms with Gasteiger partial charge in [-0.3, -0.25) is 0 Å². The molecule has 0 bridgehead atoms. The Morgan fingerprint density at radius 2 is 2.71 bits per heavy atom. The Hall–Kier alpha value is -0.860. The molecule has 0 radical (unpaired) electrons. The smallest absolute Gasteiger partial charge is 0.127 e. The first-order valence-electron chi connectivity index (χ1n) is 1.96. The molecule has 1 aliphatic rings. The molecule has 0 saturated heterocycles. The predicted octanol–water partition coefficient (Wildman–Crippen LogP) is -0.163. The zero-order valence-electron chi connectivity index (χ0n) is 3.84. The summed E-state index contributed by atoms with van der Waals surface area (Å²) in [6, 6.07) is 0. The van der Waals surface area contributed by atoms with Crippen LogP contribution in [0.2, 0.25) is 0 Å². The van der Waals surface area contributed by atoms with E-state index in [1.54, 1.807) is 6.92 Å². The van der Waals surface area contributed by atoms with Crippen molar-refractivity contribution >= 4 is 12.3 Å². The van der Waals surface area contributed by atoms with Crippen molar-refractivity contribution in [2.24, 2.45) is 4.99 Å². The molecule has 0 aromatic rings. The lowest BCUT2D eigenvalue weighted by Crippen LogP contribution is -2.09. The molecule has 0 aromatic heterocycles. The van der Waals surface area contributed by atoms with Gasteiger partial charge in [-0.05, 0) is 6.92 Å². The van der Waals surface area contributed by atoms with Crippen LogP contribution in [0.15, 0.2) is 4.99 Å². The van der Waals surface area contributed by atoms with Gasteiger partial charge in [-0.15, -0.1) is 0 Å². The summed E-state index contributed by atoms with van der Waals surface area (Å²) < 4.78 is 4.50. The number of rotatable bonds is 0. The maximum absolute atomic E-state index is 10.2. The molecule has 0 fully saturated rings. The van der Waals surface area contributed by atoms with Crippen LogP contribution < -0.4 is 0 Å². The molecule has 1 atom stereocenters. The summed E-state index contributed by atoms with van der Waals surface area (Å²) in [5.74, 6) is -0.250. The Morgan fingerprint density at radius 3 is 2.86 bits per heavy atom. The van der Waals surface area contributed by atoms with Gasteiger partial charge in [0.25, 0.3) is 0 Å². The minimum absolute atomic E-state index is 0.250. The van der Waals surface area contributed by atoms with E-state index < -0.39 is 6.10 Å². The molecule has 0 saturated carbocycles. The Labute approximate surface area is 41.0 Å². The number of aliphatic imine (C=N–C) groups is 1. The van der Waals surface area contributed by atoms with Crippen molar-refractivity contribution in [3.05, 3.63) is 0 Å². The topological polar surface area (TPSA) is 38.7 Å². The first-order chi connectivity index (χ1) is 3.30. The van der Waals surface area contributed by atoms with E-state index in [2.05, 4.69) is 16.1 Å². The second-order valence-corrected chi connectivity index (χ2v) is 1.30. The van der Waals surface area contributed by atoms with E-state index in [-0.39, 0.29) is 5.91 Å². The fourth-order valence-corrected chi connectivity index (χ4v) is 0.292. The van der Waals surface area contributed by atoms with Gasteiger partial charge >= 0.3 is 0 Å². The lowest BCUT2D eigenvalue weighted by Gasteiger charge is -2.03. The Bertz CT molecular complexity index is 119. The average Bonchev–Trinajstić information content (AvgIpc) is 1.91. The van der Waals surface area contributed by atoms with Crippen LogP contribution in [0.1, 0.15) is 6.92 Å². The zero-order valence-corrected chi connectivity index (χ0v) is 3.84. The highest BCUT2D eigenvalue weighted by Crippen LogP contribution is 1.97. The van der Waals surface area contributed by atoms with E-state index in [0.29, 0.717) is 0 Å². The number of carbonyl (C=O) groups is 1. The van der Waals surface area contributed by atoms with Crippen LogP contribution in [-0.2, 0) is 9.53 Å². The lowest BCUT2D eigenvalue weighted by molar-refractivity contribution is -0.121. The van der Waals surface area contributed by atoms with Gasteiger partial charge in [0, 0.05) is 6.40 Å². The highest BCUT2D eigenvalue weighted by Gasteiger charge is 2.03. The van der Waals surface area contributed by atoms with E-state index in [4.69, 9.17) is 0 Å². The number of ether oxygens (including phenoxy) is 1. The SMILES string of the molecule is CC1O[C-]=NC1=O. The van der Waals surface area contributed by atoms with Gasteiger partial charge in [0.05, 0.1) is 6.10 Å². The number of carbonyl (C=O) groups excluding carboxylic acids is 1. The van der Waals surface area contributed by atoms with Crippen LogP contribution in [0.3, 0.4) is 0 Å². The second-order valence-electron chi connectivity index (χ2n) is 1.30. The summed E-state index contributed by atoms with van der Waals surface area (Å²) in [4.78, 5) is 13.4. The normalized spacial score (nSPS) is 28.1. The maximum Gasteiger partial charge on any atom is 0.127 e. The van der Waals surface area contributed by atoms with Crippen LogP contribution in [0.25, 0.3) is 0 Å². The summed E-state index contributed by atoms with van der Waals surface area (Å²) in [5.41, 5.74) is 0. The average molecular weight is 98.1 g/mol. The van der Waals surface area contributed by atoms with Crippen molar-refractivity contribution in [2.45, 2.75) is 13.0 Å². The van der Waals surface area contributed by atoms with Gasteiger partial charge in [-0.25, -0.2) is 0 Å². The first kappa shape index (κ1) is 4.30. The van der Waals surface area contributed by atoms with Gasteiger partial charge in [0.1, 0.15) is 5.91 Å². The summed E-state index contributed by atoms with van der Waals surface area (Å²) in [6.07, 6.45) is 1.69. The van der Waals surface area contributed by atoms with E-state index >= 15 is 0 Å². The van der Waals surface area contributed by atoms with Crippen molar-refractivity contribution < 1.29 is 9.53 Å². The monoisotopic (exact) mass is 98.0 g/mol. The molecule has 38 valence electrons. The largest absolute Gasteiger partial charge is 0.578 e. The molecule has 1 amide bonds. The summed E-state index contributed by atoms with van der Waals surface area (Å²) in [6.45, 7) is 1.63. The number of nitrogens with zero attached hydrogens (tertiary/aromatic N) is 1. The minimum Gasteiger partial charge on any atom is -0.578 e. The van der Waals surface area contributed by atoms with E-state index in [0.717, 1.165) is 0 Å². The fourth-order valence-electron chi connectivity index (χ4n) is 0.292. The predicted molar refractivity (Wildman–Crippen MR) is 23.0 cm³/mol. The zero-order chi connectivity index (χ0) is 5.28. The third-order valence-corrected chi connectivity index (χ3v) is 0.733. The highest BCUT2D eigenvalue weighted by atomic mass is 16.5. The molecule has 1 heterocycles. The Balaban J connectivity index is 2.62. The molecule has 0 N–H and O–H groups in total. The van der Waals surface area contributed by atoms with E-state index in [9.17, 15) is 4.79 Å². The fraction of sp³-hybridized carbons (Fsp3) is 0.500. The molecule has 7 heavy (non-hydrogen) atoms. The highest BCUT2D eigenvalue weighted by molar-refractivity contribution is 5.91. The van der Waals surface area contributed by atoms with Gasteiger partial charge in [-0.2, -0.15) is 0 Å². The molecular formula is C4H4NO2-. The van der Waals surface area contributed by atoms with Crippen molar-refractivity contribution in [3.8, 4) is 0 Å². The molecule has 1 rings (SSSR count). The van der Waals surface area contributed by atoms with Crippen LogP contribution in [0.5, 0.6) is 0 Å². The molecular weight excluding hydrogens is 94.0 g/mol. The van der Waals surface area contributed by atoms with Gasteiger partial charge in [0.15, 0.2) is 0 Å². The quantitative estimate of drug-likeness (QED) is 0.395.